The fraction of sp³-hybridized carbons (Fsp3) is 0.375. The second-order valence-corrected chi connectivity index (χ2v) is 5.23. The number of para-hydroxylation sites is 1. The van der Waals surface area contributed by atoms with Crippen LogP contribution in [0.25, 0.3) is 11.3 Å². The number of hydrogen-bond acceptors (Lipinski definition) is 5. The quantitative estimate of drug-likeness (QED) is 0.861. The number of methoxy groups -OCH3 is 1. The van der Waals surface area contributed by atoms with E-state index in [2.05, 4.69) is 21.8 Å². The summed E-state index contributed by atoms with van der Waals surface area (Å²) in [5, 5.41) is 0. The van der Waals surface area contributed by atoms with Crippen molar-refractivity contribution in [1.29, 1.82) is 0 Å². The number of rotatable bonds is 3. The van der Waals surface area contributed by atoms with Crippen molar-refractivity contribution in [2.75, 3.05) is 45.2 Å². The lowest BCUT2D eigenvalue weighted by Gasteiger charge is -2.32. The van der Waals surface area contributed by atoms with E-state index >= 15 is 0 Å². The molecule has 2 aromatic rings. The first-order chi connectivity index (χ1) is 10.3. The van der Waals surface area contributed by atoms with Crippen LogP contribution < -0.4 is 9.64 Å². The summed E-state index contributed by atoms with van der Waals surface area (Å²) in [6.45, 7) is 4.02. The molecule has 0 unspecified atom stereocenters. The highest BCUT2D eigenvalue weighted by Crippen LogP contribution is 2.28. The molecule has 1 aromatic heterocycles. The fourth-order valence-electron chi connectivity index (χ4n) is 2.51. The lowest BCUT2D eigenvalue weighted by molar-refractivity contribution is 0.311. The Bertz CT molecular complexity index is 609. The Morgan fingerprint density at radius 2 is 1.81 bits per heavy atom. The molecule has 0 amide bonds. The van der Waals surface area contributed by atoms with Crippen LogP contribution in [-0.2, 0) is 0 Å². The summed E-state index contributed by atoms with van der Waals surface area (Å²) in [5.41, 5.74) is 1.90. The standard InChI is InChI=1S/C16H20N4O/c1-19-9-11-20(12-10-19)16-17-8-7-14(18-16)13-5-3-4-6-15(13)21-2/h3-8H,9-12H2,1-2H3. The Hall–Kier alpha value is -2.14. The predicted octanol–water partition coefficient (Wildman–Crippen LogP) is 1.90. The molecular weight excluding hydrogens is 264 g/mol. The number of likely N-dealkylation sites (N-methyl/N-ethyl adjacent to an activating group) is 1. The maximum Gasteiger partial charge on any atom is 0.225 e. The van der Waals surface area contributed by atoms with Crippen LogP contribution in [0.4, 0.5) is 5.95 Å². The lowest BCUT2D eigenvalue weighted by Crippen LogP contribution is -2.45. The summed E-state index contributed by atoms with van der Waals surface area (Å²) in [6.07, 6.45) is 1.82. The first kappa shape index (κ1) is 13.8. The van der Waals surface area contributed by atoms with Gasteiger partial charge in [0, 0.05) is 37.9 Å². The molecule has 21 heavy (non-hydrogen) atoms. The van der Waals surface area contributed by atoms with Crippen molar-refractivity contribution in [3.63, 3.8) is 0 Å². The van der Waals surface area contributed by atoms with Crippen LogP contribution in [0.3, 0.4) is 0 Å². The molecule has 5 nitrogen and oxygen atoms in total. The molecule has 1 aliphatic heterocycles. The molecule has 1 fully saturated rings. The highest BCUT2D eigenvalue weighted by Gasteiger charge is 2.17. The summed E-state index contributed by atoms with van der Waals surface area (Å²) in [4.78, 5) is 13.7. The number of hydrogen-bond donors (Lipinski definition) is 0. The van der Waals surface area contributed by atoms with Gasteiger partial charge in [-0.1, -0.05) is 12.1 Å². The summed E-state index contributed by atoms with van der Waals surface area (Å²) in [5.74, 6) is 1.63. The van der Waals surface area contributed by atoms with Gasteiger partial charge in [-0.25, -0.2) is 9.97 Å². The van der Waals surface area contributed by atoms with E-state index in [0.29, 0.717) is 0 Å². The Morgan fingerprint density at radius 1 is 1.05 bits per heavy atom. The van der Waals surface area contributed by atoms with Crippen molar-refractivity contribution in [2.24, 2.45) is 0 Å². The molecule has 5 heteroatoms. The molecule has 0 aliphatic carbocycles. The largest absolute Gasteiger partial charge is 0.496 e. The number of nitrogens with zero attached hydrogens (tertiary/aromatic N) is 4. The predicted molar refractivity (Wildman–Crippen MR) is 83.7 cm³/mol. The summed E-state index contributed by atoms with van der Waals surface area (Å²) in [7, 11) is 3.82. The molecule has 0 radical (unpaired) electrons. The number of anilines is 1. The minimum atomic E-state index is 0.798. The highest BCUT2D eigenvalue weighted by molar-refractivity contribution is 5.67. The normalized spacial score (nSPS) is 16.0. The van der Waals surface area contributed by atoms with Crippen LogP contribution in [0.5, 0.6) is 5.75 Å². The van der Waals surface area contributed by atoms with Crippen LogP contribution >= 0.6 is 0 Å². The molecule has 0 atom stereocenters. The Labute approximate surface area is 125 Å². The Balaban J connectivity index is 1.89. The minimum absolute atomic E-state index is 0.798. The van der Waals surface area contributed by atoms with E-state index in [4.69, 9.17) is 9.72 Å². The van der Waals surface area contributed by atoms with Crippen molar-refractivity contribution in [1.82, 2.24) is 14.9 Å². The average molecular weight is 284 g/mol. The van der Waals surface area contributed by atoms with Crippen molar-refractivity contribution in [2.45, 2.75) is 0 Å². The van der Waals surface area contributed by atoms with E-state index in [-0.39, 0.29) is 0 Å². The topological polar surface area (TPSA) is 41.5 Å². The van der Waals surface area contributed by atoms with Gasteiger partial charge in [-0.15, -0.1) is 0 Å². The monoisotopic (exact) mass is 284 g/mol. The molecule has 1 aliphatic rings. The van der Waals surface area contributed by atoms with Gasteiger partial charge < -0.3 is 14.5 Å². The van der Waals surface area contributed by atoms with Crippen LogP contribution in [0.2, 0.25) is 0 Å². The summed E-state index contributed by atoms with van der Waals surface area (Å²) >= 11 is 0. The van der Waals surface area contributed by atoms with Crippen LogP contribution in [0.15, 0.2) is 36.5 Å². The molecular formula is C16H20N4O. The first-order valence-electron chi connectivity index (χ1n) is 7.18. The van der Waals surface area contributed by atoms with Crippen LogP contribution in [0, 0.1) is 0 Å². The van der Waals surface area contributed by atoms with E-state index in [1.807, 2.05) is 36.5 Å². The molecule has 0 bridgehead atoms. The molecule has 0 saturated carbocycles. The maximum absolute atomic E-state index is 5.42. The number of benzene rings is 1. The van der Waals surface area contributed by atoms with Gasteiger partial charge in [0.15, 0.2) is 0 Å². The van der Waals surface area contributed by atoms with Gasteiger partial charge in [0.1, 0.15) is 5.75 Å². The average Bonchev–Trinajstić information content (AvgIpc) is 2.55. The number of aromatic nitrogens is 2. The fourth-order valence-corrected chi connectivity index (χ4v) is 2.51. The second-order valence-electron chi connectivity index (χ2n) is 5.23. The van der Waals surface area contributed by atoms with Crippen molar-refractivity contribution in [3.8, 4) is 17.0 Å². The SMILES string of the molecule is COc1ccccc1-c1ccnc(N2CCN(C)CC2)n1. The molecule has 0 N–H and O–H groups in total. The molecule has 1 saturated heterocycles. The van der Waals surface area contributed by atoms with E-state index in [9.17, 15) is 0 Å². The zero-order valence-electron chi connectivity index (χ0n) is 12.5. The lowest BCUT2D eigenvalue weighted by atomic mass is 10.1. The molecule has 110 valence electrons. The highest BCUT2D eigenvalue weighted by atomic mass is 16.5. The smallest absolute Gasteiger partial charge is 0.225 e. The zero-order valence-corrected chi connectivity index (χ0v) is 12.5. The van der Waals surface area contributed by atoms with Crippen LogP contribution in [0.1, 0.15) is 0 Å². The van der Waals surface area contributed by atoms with Gasteiger partial charge in [0.05, 0.1) is 12.8 Å². The zero-order chi connectivity index (χ0) is 14.7. The summed E-state index contributed by atoms with van der Waals surface area (Å²) < 4.78 is 5.42. The van der Waals surface area contributed by atoms with E-state index in [1.54, 1.807) is 7.11 Å². The molecule has 3 rings (SSSR count). The molecule has 0 spiro atoms. The third-order valence-electron chi connectivity index (χ3n) is 3.81. The van der Waals surface area contributed by atoms with E-state index < -0.39 is 0 Å². The summed E-state index contributed by atoms with van der Waals surface area (Å²) in [6, 6.07) is 9.86. The van der Waals surface area contributed by atoms with Gasteiger partial charge in [0.2, 0.25) is 5.95 Å². The van der Waals surface area contributed by atoms with Gasteiger partial charge in [-0.2, -0.15) is 0 Å². The number of ether oxygens (including phenoxy) is 1. The van der Waals surface area contributed by atoms with Gasteiger partial charge in [-0.3, -0.25) is 0 Å². The third kappa shape index (κ3) is 2.97. The van der Waals surface area contributed by atoms with Crippen molar-refractivity contribution >= 4 is 5.95 Å². The minimum Gasteiger partial charge on any atom is -0.496 e. The van der Waals surface area contributed by atoms with Crippen molar-refractivity contribution < 1.29 is 4.74 Å². The molecule has 1 aromatic carbocycles. The Morgan fingerprint density at radius 3 is 2.57 bits per heavy atom. The number of piperazine rings is 1. The van der Waals surface area contributed by atoms with Gasteiger partial charge in [0.25, 0.3) is 0 Å². The molecule has 2 heterocycles. The van der Waals surface area contributed by atoms with Gasteiger partial charge >= 0.3 is 0 Å². The first-order valence-corrected chi connectivity index (χ1v) is 7.18. The second kappa shape index (κ2) is 6.10. The van der Waals surface area contributed by atoms with E-state index in [1.165, 1.54) is 0 Å². The van der Waals surface area contributed by atoms with Crippen LogP contribution in [-0.4, -0.2) is 55.2 Å². The maximum atomic E-state index is 5.42. The van der Waals surface area contributed by atoms with Gasteiger partial charge in [-0.05, 0) is 25.2 Å². The third-order valence-corrected chi connectivity index (χ3v) is 3.81. The van der Waals surface area contributed by atoms with E-state index in [0.717, 1.165) is 49.1 Å². The Kier molecular flexibility index (Phi) is 4.01. The van der Waals surface area contributed by atoms with Crippen molar-refractivity contribution in [3.05, 3.63) is 36.5 Å².